The van der Waals surface area contributed by atoms with Gasteiger partial charge in [0, 0.05) is 0 Å². The fourth-order valence-electron chi connectivity index (χ4n) is 1.57. The summed E-state index contributed by atoms with van der Waals surface area (Å²) < 4.78 is 72.5. The lowest BCUT2D eigenvalue weighted by atomic mass is 9.97. The monoisotopic (exact) mass is 244 g/mol. The average molecular weight is 244 g/mol. The third-order valence-electron chi connectivity index (χ3n) is 2.38. The first kappa shape index (κ1) is 12.0. The molecule has 1 nitrogen and oxygen atoms in total. The van der Waals surface area contributed by atoms with Gasteiger partial charge < -0.3 is 0 Å². The molecule has 0 amide bonds. The molecule has 0 aromatic rings. The van der Waals surface area contributed by atoms with E-state index in [1.54, 1.807) is 0 Å². The van der Waals surface area contributed by atoms with Gasteiger partial charge in [-0.15, -0.1) is 0 Å². The van der Waals surface area contributed by atoms with Gasteiger partial charge in [-0.2, -0.15) is 4.94 Å². The predicted molar refractivity (Wildman–Crippen MR) is 41.4 cm³/mol. The maximum Gasteiger partial charge on any atom is 0.288 e. The summed E-state index contributed by atoms with van der Waals surface area (Å²) in [4.78, 5) is 3.32. The normalized spacial score (nSPS) is 34.7. The largest absolute Gasteiger partial charge is 0.288 e. The summed E-state index contributed by atoms with van der Waals surface area (Å²) in [5.74, 6) is 0. The van der Waals surface area contributed by atoms with Crippen LogP contribution in [-0.4, -0.2) is 11.4 Å². The van der Waals surface area contributed by atoms with E-state index < -0.39 is 34.4 Å². The van der Waals surface area contributed by atoms with Gasteiger partial charge in [-0.1, -0.05) is 19.4 Å². The van der Waals surface area contributed by atoms with Crippen molar-refractivity contribution in [2.75, 3.05) is 0 Å². The fraction of sp³-hybridized carbons (Fsp3) is 1.00. The minimum absolute atomic E-state index is 0.313. The zero-order chi connectivity index (χ0) is 11.1. The molecule has 0 saturated heterocycles. The van der Waals surface area contributed by atoms with E-state index in [0.717, 1.165) is 0 Å². The zero-order valence-corrected chi connectivity index (χ0v) is 7.88. The van der Waals surface area contributed by atoms with Crippen molar-refractivity contribution < 1.29 is 28.9 Å². The molecule has 0 bridgehead atoms. The summed E-state index contributed by atoms with van der Waals surface area (Å²) in [5.41, 5.74) is 0. The highest BCUT2D eigenvalue weighted by molar-refractivity contribution is 8.46. The van der Waals surface area contributed by atoms with Crippen LogP contribution < -0.4 is 0 Å². The van der Waals surface area contributed by atoms with E-state index in [-0.39, 0.29) is 12.8 Å². The standard InChI is InChI=1S/C6H10F6OS/c7-13-5-1-3-6(4-2-5)14(8,9,10,11)12/h5-6H,1-4H2. The Balaban J connectivity index is 2.68. The molecule has 0 aromatic carbocycles. The van der Waals surface area contributed by atoms with Crippen molar-refractivity contribution in [1.82, 2.24) is 0 Å². The predicted octanol–water partition coefficient (Wildman–Crippen LogP) is 4.50. The molecule has 0 heterocycles. The molecule has 1 rings (SSSR count). The summed E-state index contributed by atoms with van der Waals surface area (Å²) in [5, 5.41) is -2.58. The van der Waals surface area contributed by atoms with Crippen molar-refractivity contribution in [3.8, 4) is 0 Å². The molecule has 0 aliphatic heterocycles. The lowest BCUT2D eigenvalue weighted by molar-refractivity contribution is -0.187. The number of halogens is 6. The van der Waals surface area contributed by atoms with Crippen LogP contribution in [0.25, 0.3) is 0 Å². The first-order chi connectivity index (χ1) is 6.03. The second-order valence-electron chi connectivity index (χ2n) is 3.52. The van der Waals surface area contributed by atoms with Crippen LogP contribution in [0, 0.1) is 0 Å². The molecule has 1 aliphatic rings. The summed E-state index contributed by atoms with van der Waals surface area (Å²) >= 11 is 0. The number of rotatable bonds is 2. The molecular formula is C6H10F6OS. The number of hydrogen-bond acceptors (Lipinski definition) is 1. The van der Waals surface area contributed by atoms with E-state index in [0.29, 0.717) is 0 Å². The van der Waals surface area contributed by atoms with Crippen molar-refractivity contribution in [3.63, 3.8) is 0 Å². The molecule has 0 unspecified atom stereocenters. The lowest BCUT2D eigenvalue weighted by Crippen LogP contribution is -2.31. The van der Waals surface area contributed by atoms with E-state index in [2.05, 4.69) is 4.94 Å². The Morgan fingerprint density at radius 3 is 1.57 bits per heavy atom. The van der Waals surface area contributed by atoms with Gasteiger partial charge in [0.05, 0.1) is 11.4 Å². The molecule has 0 aromatic heterocycles. The topological polar surface area (TPSA) is 9.23 Å². The van der Waals surface area contributed by atoms with E-state index >= 15 is 0 Å². The second kappa shape index (κ2) is 2.72. The molecule has 0 spiro atoms. The Morgan fingerprint density at radius 1 is 0.857 bits per heavy atom. The molecule has 0 atom stereocenters. The zero-order valence-electron chi connectivity index (χ0n) is 7.07. The van der Waals surface area contributed by atoms with Gasteiger partial charge in [0.25, 0.3) is 10.2 Å². The Morgan fingerprint density at radius 2 is 1.29 bits per heavy atom. The van der Waals surface area contributed by atoms with Gasteiger partial charge in [0.15, 0.2) is 0 Å². The third-order valence-corrected chi connectivity index (χ3v) is 4.11. The summed E-state index contributed by atoms with van der Waals surface area (Å²) in [6.07, 6.45) is -3.11. The van der Waals surface area contributed by atoms with Crippen LogP contribution in [0.15, 0.2) is 0 Å². The van der Waals surface area contributed by atoms with Crippen molar-refractivity contribution in [2.45, 2.75) is 37.0 Å². The van der Waals surface area contributed by atoms with Crippen LogP contribution in [0.3, 0.4) is 0 Å². The lowest BCUT2D eigenvalue weighted by Gasteiger charge is -2.48. The van der Waals surface area contributed by atoms with Crippen LogP contribution in [0.2, 0.25) is 0 Å². The van der Waals surface area contributed by atoms with E-state index in [4.69, 9.17) is 0 Å². The summed E-state index contributed by atoms with van der Waals surface area (Å²) in [7, 11) is -9.37. The van der Waals surface area contributed by atoms with Crippen LogP contribution in [-0.2, 0) is 4.94 Å². The smallest absolute Gasteiger partial charge is 0.191 e. The van der Waals surface area contributed by atoms with Crippen molar-refractivity contribution in [3.05, 3.63) is 0 Å². The highest BCUT2D eigenvalue weighted by atomic mass is 32.5. The molecule has 0 radical (unpaired) electrons. The van der Waals surface area contributed by atoms with Gasteiger partial charge in [0.2, 0.25) is 0 Å². The first-order valence-electron chi connectivity index (χ1n) is 4.03. The number of hydrogen-bond donors (Lipinski definition) is 0. The molecule has 14 heavy (non-hydrogen) atoms. The molecule has 1 saturated carbocycles. The summed E-state index contributed by atoms with van der Waals surface area (Å²) in [6, 6.07) is 0. The van der Waals surface area contributed by atoms with Crippen molar-refractivity contribution >= 4 is 10.2 Å². The van der Waals surface area contributed by atoms with Crippen LogP contribution in [0.4, 0.5) is 24.0 Å². The Kier molecular flexibility index (Phi) is 2.32. The minimum atomic E-state index is -9.37. The molecule has 0 N–H and O–H groups in total. The van der Waals surface area contributed by atoms with Crippen molar-refractivity contribution in [1.29, 1.82) is 0 Å². The first-order valence-corrected chi connectivity index (χ1v) is 6.04. The van der Waals surface area contributed by atoms with E-state index in [1.165, 1.54) is 0 Å². The van der Waals surface area contributed by atoms with Gasteiger partial charge in [-0.05, 0) is 30.2 Å². The minimum Gasteiger partial charge on any atom is -0.191 e. The van der Waals surface area contributed by atoms with Crippen molar-refractivity contribution in [2.24, 2.45) is 0 Å². The highest BCUT2D eigenvalue weighted by Gasteiger charge is 2.69. The second-order valence-corrected chi connectivity index (χ2v) is 6.24. The van der Waals surface area contributed by atoms with E-state index in [1.807, 2.05) is 0 Å². The maximum atomic E-state index is 12.2. The van der Waals surface area contributed by atoms with Gasteiger partial charge in [0.1, 0.15) is 0 Å². The molecule has 1 aliphatic carbocycles. The van der Waals surface area contributed by atoms with Gasteiger partial charge in [-0.25, -0.2) is 0 Å². The Bertz CT molecular complexity index is 214. The fourth-order valence-corrected chi connectivity index (χ4v) is 2.73. The third kappa shape index (κ3) is 2.94. The van der Waals surface area contributed by atoms with Gasteiger partial charge in [-0.3, -0.25) is 0 Å². The van der Waals surface area contributed by atoms with Crippen LogP contribution in [0.1, 0.15) is 25.7 Å². The van der Waals surface area contributed by atoms with Crippen LogP contribution >= 0.6 is 10.2 Å². The Labute approximate surface area is 77.0 Å². The van der Waals surface area contributed by atoms with E-state index in [9.17, 15) is 24.0 Å². The molecule has 88 valence electrons. The maximum absolute atomic E-state index is 12.2. The molecule has 1 fully saturated rings. The molecule has 8 heteroatoms. The highest BCUT2D eigenvalue weighted by Crippen LogP contribution is 3.01. The van der Waals surface area contributed by atoms with Gasteiger partial charge >= 0.3 is 0 Å². The quantitative estimate of drug-likeness (QED) is 0.650. The average Bonchev–Trinajstić information content (AvgIpc) is 2.01. The summed E-state index contributed by atoms with van der Waals surface area (Å²) in [6.45, 7) is 0. The molecular weight excluding hydrogens is 234 g/mol. The SMILES string of the molecule is FOC1CCC(S(F)(F)(F)(F)F)CC1. The Hall–Kier alpha value is -0.110. The van der Waals surface area contributed by atoms with Crippen LogP contribution in [0.5, 0.6) is 0 Å².